The van der Waals surface area contributed by atoms with Gasteiger partial charge in [-0.15, -0.1) is 0 Å². The van der Waals surface area contributed by atoms with Crippen molar-refractivity contribution in [1.82, 2.24) is 5.32 Å². The Morgan fingerprint density at radius 2 is 2.20 bits per heavy atom. The highest BCUT2D eigenvalue weighted by atomic mass is 16.1. The van der Waals surface area contributed by atoms with Crippen LogP contribution in [0.15, 0.2) is 0 Å². The first-order chi connectivity index (χ1) is 7.19. The predicted octanol–water partition coefficient (Wildman–Crippen LogP) is 1.17. The highest BCUT2D eigenvalue weighted by Crippen LogP contribution is 2.06. The van der Waals surface area contributed by atoms with Crippen molar-refractivity contribution in [2.45, 2.75) is 45.6 Å². The molecule has 86 valence electrons. The first-order valence-corrected chi connectivity index (χ1v) is 5.56. The number of nitrogens with one attached hydrogen (secondary N) is 1. The van der Waals surface area contributed by atoms with Gasteiger partial charge in [-0.3, -0.25) is 4.79 Å². The lowest BCUT2D eigenvalue weighted by atomic mass is 10.0. The van der Waals surface area contributed by atoms with Gasteiger partial charge in [0, 0.05) is 12.6 Å². The fraction of sp³-hybridized carbons (Fsp3) is 0.818. The second kappa shape index (κ2) is 8.25. The van der Waals surface area contributed by atoms with Gasteiger partial charge in [0.1, 0.15) is 0 Å². The quantitative estimate of drug-likeness (QED) is 0.663. The zero-order chi connectivity index (χ0) is 11.7. The molecule has 4 heteroatoms. The van der Waals surface area contributed by atoms with Crippen LogP contribution < -0.4 is 11.1 Å². The molecule has 0 spiro atoms. The highest BCUT2D eigenvalue weighted by molar-refractivity contribution is 5.79. The molecule has 2 unspecified atom stereocenters. The van der Waals surface area contributed by atoms with E-state index in [2.05, 4.69) is 11.4 Å². The van der Waals surface area contributed by atoms with Crippen molar-refractivity contribution in [3.05, 3.63) is 0 Å². The van der Waals surface area contributed by atoms with Crippen molar-refractivity contribution in [2.24, 2.45) is 11.7 Å². The van der Waals surface area contributed by atoms with Gasteiger partial charge in [-0.1, -0.05) is 20.3 Å². The Hall–Kier alpha value is -1.08. The molecule has 0 aliphatic heterocycles. The summed E-state index contributed by atoms with van der Waals surface area (Å²) >= 11 is 0. The Balaban J connectivity index is 4.13. The fourth-order valence-corrected chi connectivity index (χ4v) is 1.43. The molecule has 0 radical (unpaired) electrons. The van der Waals surface area contributed by atoms with Gasteiger partial charge in [0.15, 0.2) is 0 Å². The van der Waals surface area contributed by atoms with Crippen molar-refractivity contribution >= 4 is 5.91 Å². The number of nitrogens with two attached hydrogens (primary N) is 1. The molecule has 0 fully saturated rings. The van der Waals surface area contributed by atoms with Crippen LogP contribution >= 0.6 is 0 Å². The van der Waals surface area contributed by atoms with E-state index in [1.807, 2.05) is 13.8 Å². The lowest BCUT2D eigenvalue weighted by molar-refractivity contribution is -0.125. The van der Waals surface area contributed by atoms with Crippen LogP contribution in [-0.2, 0) is 4.79 Å². The lowest BCUT2D eigenvalue weighted by Gasteiger charge is -2.18. The van der Waals surface area contributed by atoms with Crippen molar-refractivity contribution in [1.29, 1.82) is 5.26 Å². The molecule has 15 heavy (non-hydrogen) atoms. The largest absolute Gasteiger partial charge is 0.352 e. The molecule has 0 saturated heterocycles. The standard InChI is InChI=1S/C11H21N3O/c1-3-5-9(8-13)11(15)14-10(4-2)6-7-12/h9-10H,3-6,8,13H2,1-2H3,(H,14,15). The van der Waals surface area contributed by atoms with Crippen molar-refractivity contribution in [3.63, 3.8) is 0 Å². The molecule has 0 aliphatic carbocycles. The molecule has 0 saturated carbocycles. The topological polar surface area (TPSA) is 78.9 Å². The molecular formula is C11H21N3O. The van der Waals surface area contributed by atoms with Crippen LogP contribution in [0, 0.1) is 17.2 Å². The van der Waals surface area contributed by atoms with E-state index in [9.17, 15) is 4.79 Å². The Kier molecular flexibility index (Phi) is 7.65. The minimum Gasteiger partial charge on any atom is -0.352 e. The average molecular weight is 211 g/mol. The third-order valence-corrected chi connectivity index (χ3v) is 2.47. The van der Waals surface area contributed by atoms with Gasteiger partial charge >= 0.3 is 0 Å². The maximum Gasteiger partial charge on any atom is 0.224 e. The van der Waals surface area contributed by atoms with Crippen molar-refractivity contribution < 1.29 is 4.79 Å². The van der Waals surface area contributed by atoms with Gasteiger partial charge in [-0.25, -0.2) is 0 Å². The zero-order valence-electron chi connectivity index (χ0n) is 9.62. The number of hydrogen-bond acceptors (Lipinski definition) is 3. The predicted molar refractivity (Wildman–Crippen MR) is 59.9 cm³/mol. The van der Waals surface area contributed by atoms with E-state index in [4.69, 9.17) is 11.0 Å². The van der Waals surface area contributed by atoms with Crippen LogP contribution in [0.3, 0.4) is 0 Å². The smallest absolute Gasteiger partial charge is 0.224 e. The molecule has 0 aromatic rings. The Bertz CT molecular complexity index is 222. The van der Waals surface area contributed by atoms with E-state index in [1.165, 1.54) is 0 Å². The minimum atomic E-state index is -0.109. The highest BCUT2D eigenvalue weighted by Gasteiger charge is 2.18. The van der Waals surface area contributed by atoms with Crippen LogP contribution in [0.2, 0.25) is 0 Å². The van der Waals surface area contributed by atoms with Crippen LogP contribution in [0.4, 0.5) is 0 Å². The van der Waals surface area contributed by atoms with E-state index in [0.29, 0.717) is 13.0 Å². The van der Waals surface area contributed by atoms with E-state index in [1.54, 1.807) is 0 Å². The molecule has 4 nitrogen and oxygen atoms in total. The molecular weight excluding hydrogens is 190 g/mol. The Morgan fingerprint density at radius 1 is 1.53 bits per heavy atom. The molecule has 2 atom stereocenters. The van der Waals surface area contributed by atoms with E-state index >= 15 is 0 Å². The van der Waals surface area contributed by atoms with E-state index in [0.717, 1.165) is 19.3 Å². The number of nitriles is 1. The number of amides is 1. The normalized spacial score (nSPS) is 14.0. The molecule has 0 aliphatic rings. The summed E-state index contributed by atoms with van der Waals surface area (Å²) in [7, 11) is 0. The van der Waals surface area contributed by atoms with Gasteiger partial charge < -0.3 is 11.1 Å². The summed E-state index contributed by atoms with van der Waals surface area (Å²) in [5, 5.41) is 11.4. The number of rotatable bonds is 7. The summed E-state index contributed by atoms with van der Waals surface area (Å²) in [6.07, 6.45) is 2.91. The van der Waals surface area contributed by atoms with Crippen molar-refractivity contribution in [3.8, 4) is 6.07 Å². The van der Waals surface area contributed by atoms with Gasteiger partial charge in [-0.2, -0.15) is 5.26 Å². The van der Waals surface area contributed by atoms with E-state index in [-0.39, 0.29) is 17.9 Å². The number of carbonyl (C=O) groups is 1. The summed E-state index contributed by atoms with van der Waals surface area (Å²) in [6.45, 7) is 4.37. The first kappa shape index (κ1) is 13.9. The molecule has 1 amide bonds. The SMILES string of the molecule is CCCC(CN)C(=O)NC(CC)CC#N. The maximum atomic E-state index is 11.7. The molecule has 0 aromatic heterocycles. The van der Waals surface area contributed by atoms with E-state index < -0.39 is 0 Å². The fourth-order valence-electron chi connectivity index (χ4n) is 1.43. The van der Waals surface area contributed by atoms with Gasteiger partial charge in [0.2, 0.25) is 5.91 Å². The van der Waals surface area contributed by atoms with Crippen LogP contribution in [0.25, 0.3) is 0 Å². The molecule has 3 N–H and O–H groups in total. The minimum absolute atomic E-state index is 0.0125. The van der Waals surface area contributed by atoms with Gasteiger partial charge in [0.25, 0.3) is 0 Å². The summed E-state index contributed by atoms with van der Waals surface area (Å²) in [5.41, 5.74) is 5.53. The average Bonchev–Trinajstić information content (AvgIpc) is 2.24. The van der Waals surface area contributed by atoms with Gasteiger partial charge in [0.05, 0.1) is 18.4 Å². The van der Waals surface area contributed by atoms with Gasteiger partial charge in [-0.05, 0) is 12.8 Å². The summed E-state index contributed by atoms with van der Waals surface area (Å²) in [6, 6.07) is 2.03. The first-order valence-electron chi connectivity index (χ1n) is 5.56. The third kappa shape index (κ3) is 5.38. The molecule has 0 aromatic carbocycles. The second-order valence-corrected chi connectivity index (χ2v) is 3.70. The summed E-state index contributed by atoms with van der Waals surface area (Å²) in [4.78, 5) is 11.7. The molecule has 0 rings (SSSR count). The van der Waals surface area contributed by atoms with Crippen molar-refractivity contribution in [2.75, 3.05) is 6.54 Å². The molecule has 0 bridgehead atoms. The Morgan fingerprint density at radius 3 is 2.60 bits per heavy atom. The van der Waals surface area contributed by atoms with Crippen LogP contribution in [-0.4, -0.2) is 18.5 Å². The third-order valence-electron chi connectivity index (χ3n) is 2.47. The Labute approximate surface area is 91.8 Å². The molecule has 0 heterocycles. The summed E-state index contributed by atoms with van der Waals surface area (Å²) in [5.74, 6) is -0.121. The lowest BCUT2D eigenvalue weighted by Crippen LogP contribution is -2.40. The monoisotopic (exact) mass is 211 g/mol. The zero-order valence-corrected chi connectivity index (χ0v) is 9.62. The van der Waals surface area contributed by atoms with Crippen LogP contribution in [0.1, 0.15) is 39.5 Å². The number of nitrogens with zero attached hydrogens (tertiary/aromatic N) is 1. The van der Waals surface area contributed by atoms with Crippen LogP contribution in [0.5, 0.6) is 0 Å². The maximum absolute atomic E-state index is 11.7. The second-order valence-electron chi connectivity index (χ2n) is 3.70. The number of hydrogen-bond donors (Lipinski definition) is 2. The number of carbonyl (C=O) groups excluding carboxylic acids is 1. The summed E-state index contributed by atoms with van der Waals surface area (Å²) < 4.78 is 0.